The second kappa shape index (κ2) is 7.46. The van der Waals surface area contributed by atoms with E-state index in [9.17, 15) is 4.79 Å². The Balaban J connectivity index is 1.72. The van der Waals surface area contributed by atoms with Crippen LogP contribution in [0.3, 0.4) is 0 Å². The molecule has 4 nitrogen and oxygen atoms in total. The summed E-state index contributed by atoms with van der Waals surface area (Å²) >= 11 is 0. The number of benzene rings is 1. The van der Waals surface area contributed by atoms with Crippen LogP contribution in [0.15, 0.2) is 30.3 Å². The van der Waals surface area contributed by atoms with Crippen LogP contribution in [0.1, 0.15) is 27.2 Å². The summed E-state index contributed by atoms with van der Waals surface area (Å²) in [5.74, 6) is 1.24. The highest BCUT2D eigenvalue weighted by molar-refractivity contribution is 5.80. The quantitative estimate of drug-likeness (QED) is 0.874. The van der Waals surface area contributed by atoms with E-state index >= 15 is 0 Å². The zero-order valence-electron chi connectivity index (χ0n) is 13.2. The third-order valence-electron chi connectivity index (χ3n) is 4.04. The molecule has 0 spiro atoms. The predicted molar refractivity (Wildman–Crippen MR) is 84.4 cm³/mol. The van der Waals surface area contributed by atoms with Crippen molar-refractivity contribution in [2.75, 3.05) is 19.6 Å². The Morgan fingerprint density at radius 3 is 2.67 bits per heavy atom. The maximum atomic E-state index is 12.1. The molecule has 2 atom stereocenters. The standard InChI is InChI=1S/C17H26N2O2/c1-13(2)19-10-9-15(12-19)11-18-17(20)14(3)21-16-7-5-4-6-8-16/h4-8,13-15H,9-12H2,1-3H3,(H,18,20)/t14-,15-/m1/s1. The minimum Gasteiger partial charge on any atom is -0.481 e. The summed E-state index contributed by atoms with van der Waals surface area (Å²) in [5, 5.41) is 3.01. The molecule has 2 rings (SSSR count). The Hall–Kier alpha value is -1.55. The number of hydrogen-bond acceptors (Lipinski definition) is 3. The van der Waals surface area contributed by atoms with Crippen molar-refractivity contribution in [1.29, 1.82) is 0 Å². The normalized spacial score (nSPS) is 20.5. The van der Waals surface area contributed by atoms with Gasteiger partial charge in [0.2, 0.25) is 0 Å². The zero-order valence-corrected chi connectivity index (χ0v) is 13.2. The first-order valence-corrected chi connectivity index (χ1v) is 7.79. The van der Waals surface area contributed by atoms with Crippen molar-refractivity contribution in [2.24, 2.45) is 5.92 Å². The summed E-state index contributed by atoms with van der Waals surface area (Å²) in [6.07, 6.45) is 0.696. The molecule has 0 aliphatic carbocycles. The highest BCUT2D eigenvalue weighted by Crippen LogP contribution is 2.17. The molecule has 0 aromatic heterocycles. The van der Waals surface area contributed by atoms with Gasteiger partial charge in [-0.05, 0) is 51.8 Å². The molecular weight excluding hydrogens is 264 g/mol. The smallest absolute Gasteiger partial charge is 0.260 e. The molecule has 0 saturated carbocycles. The summed E-state index contributed by atoms with van der Waals surface area (Å²) in [7, 11) is 0. The highest BCUT2D eigenvalue weighted by Gasteiger charge is 2.25. The predicted octanol–water partition coefficient (Wildman–Crippen LogP) is 2.30. The molecule has 0 radical (unpaired) electrons. The number of amides is 1. The second-order valence-corrected chi connectivity index (χ2v) is 6.06. The molecule has 1 aliphatic rings. The third kappa shape index (κ3) is 4.74. The van der Waals surface area contributed by atoms with Gasteiger partial charge >= 0.3 is 0 Å². The van der Waals surface area contributed by atoms with E-state index in [4.69, 9.17) is 4.74 Å². The maximum absolute atomic E-state index is 12.1. The van der Waals surface area contributed by atoms with E-state index in [1.54, 1.807) is 6.92 Å². The number of ether oxygens (including phenoxy) is 1. The van der Waals surface area contributed by atoms with Crippen LogP contribution in [-0.2, 0) is 4.79 Å². The third-order valence-corrected chi connectivity index (χ3v) is 4.04. The zero-order chi connectivity index (χ0) is 15.2. The lowest BCUT2D eigenvalue weighted by atomic mass is 10.1. The molecule has 1 aliphatic heterocycles. The first-order chi connectivity index (χ1) is 10.1. The number of nitrogens with one attached hydrogen (secondary N) is 1. The lowest BCUT2D eigenvalue weighted by molar-refractivity contribution is -0.127. The fraction of sp³-hybridized carbons (Fsp3) is 0.588. The van der Waals surface area contributed by atoms with E-state index in [1.807, 2.05) is 30.3 Å². The van der Waals surface area contributed by atoms with Crippen LogP contribution in [-0.4, -0.2) is 42.6 Å². The van der Waals surface area contributed by atoms with Crippen LogP contribution in [0.4, 0.5) is 0 Å². The van der Waals surface area contributed by atoms with Gasteiger partial charge in [-0.3, -0.25) is 4.79 Å². The fourth-order valence-electron chi connectivity index (χ4n) is 2.64. The number of nitrogens with zero attached hydrogens (tertiary/aromatic N) is 1. The number of hydrogen-bond donors (Lipinski definition) is 1. The molecule has 4 heteroatoms. The number of rotatable bonds is 6. The monoisotopic (exact) mass is 290 g/mol. The first kappa shape index (κ1) is 15.8. The molecular formula is C17H26N2O2. The van der Waals surface area contributed by atoms with Crippen molar-refractivity contribution in [2.45, 2.75) is 39.3 Å². The van der Waals surface area contributed by atoms with Crippen LogP contribution in [0.25, 0.3) is 0 Å². The van der Waals surface area contributed by atoms with E-state index in [2.05, 4.69) is 24.1 Å². The van der Waals surface area contributed by atoms with Gasteiger partial charge in [0.1, 0.15) is 5.75 Å². The molecule has 1 aromatic carbocycles. The minimum absolute atomic E-state index is 0.0400. The van der Waals surface area contributed by atoms with Crippen molar-refractivity contribution < 1.29 is 9.53 Å². The van der Waals surface area contributed by atoms with Crippen LogP contribution in [0.5, 0.6) is 5.75 Å². The van der Waals surface area contributed by atoms with Crippen LogP contribution in [0.2, 0.25) is 0 Å². The summed E-state index contributed by atoms with van der Waals surface area (Å²) < 4.78 is 5.63. The lowest BCUT2D eigenvalue weighted by Crippen LogP contribution is -2.39. The van der Waals surface area contributed by atoms with Gasteiger partial charge in [0.15, 0.2) is 6.10 Å². The molecule has 1 saturated heterocycles. The van der Waals surface area contributed by atoms with Crippen LogP contribution < -0.4 is 10.1 Å². The van der Waals surface area contributed by atoms with Gasteiger partial charge in [-0.1, -0.05) is 18.2 Å². The van der Waals surface area contributed by atoms with Crippen LogP contribution in [0, 0.1) is 5.92 Å². The van der Waals surface area contributed by atoms with Gasteiger partial charge in [-0.2, -0.15) is 0 Å². The minimum atomic E-state index is -0.463. The molecule has 1 aromatic rings. The van der Waals surface area contributed by atoms with E-state index in [0.717, 1.165) is 31.8 Å². The van der Waals surface area contributed by atoms with Crippen LogP contribution >= 0.6 is 0 Å². The Morgan fingerprint density at radius 2 is 2.05 bits per heavy atom. The van der Waals surface area contributed by atoms with Gasteiger partial charge in [0.05, 0.1) is 0 Å². The molecule has 21 heavy (non-hydrogen) atoms. The Morgan fingerprint density at radius 1 is 1.33 bits per heavy atom. The number of carbonyl (C=O) groups is 1. The number of para-hydroxylation sites is 1. The van der Waals surface area contributed by atoms with E-state index in [1.165, 1.54) is 0 Å². The molecule has 0 unspecified atom stereocenters. The Labute approximate surface area is 127 Å². The Bertz CT molecular complexity index is 447. The SMILES string of the molecule is CC(C)N1CC[C@H](CNC(=O)[C@@H](C)Oc2ccccc2)C1. The number of likely N-dealkylation sites (tertiary alicyclic amines) is 1. The highest BCUT2D eigenvalue weighted by atomic mass is 16.5. The topological polar surface area (TPSA) is 41.6 Å². The summed E-state index contributed by atoms with van der Waals surface area (Å²) in [6.45, 7) is 9.18. The van der Waals surface area contributed by atoms with E-state index < -0.39 is 6.10 Å². The average molecular weight is 290 g/mol. The Kier molecular flexibility index (Phi) is 5.62. The van der Waals surface area contributed by atoms with Crippen molar-refractivity contribution in [3.63, 3.8) is 0 Å². The molecule has 1 amide bonds. The summed E-state index contributed by atoms with van der Waals surface area (Å²) in [6, 6.07) is 10.0. The van der Waals surface area contributed by atoms with Gasteiger partial charge < -0.3 is 15.0 Å². The molecule has 1 N–H and O–H groups in total. The van der Waals surface area contributed by atoms with Gasteiger partial charge in [-0.15, -0.1) is 0 Å². The summed E-state index contributed by atoms with van der Waals surface area (Å²) in [4.78, 5) is 14.5. The van der Waals surface area contributed by atoms with Crippen molar-refractivity contribution >= 4 is 5.91 Å². The van der Waals surface area contributed by atoms with Gasteiger partial charge in [0.25, 0.3) is 5.91 Å². The summed E-state index contributed by atoms with van der Waals surface area (Å²) in [5.41, 5.74) is 0. The molecule has 1 fully saturated rings. The fourth-order valence-corrected chi connectivity index (χ4v) is 2.64. The van der Waals surface area contributed by atoms with E-state index in [-0.39, 0.29) is 5.91 Å². The van der Waals surface area contributed by atoms with Gasteiger partial charge in [0, 0.05) is 19.1 Å². The molecule has 116 valence electrons. The maximum Gasteiger partial charge on any atom is 0.260 e. The van der Waals surface area contributed by atoms with Crippen molar-refractivity contribution in [1.82, 2.24) is 10.2 Å². The van der Waals surface area contributed by atoms with Crippen molar-refractivity contribution in [3.8, 4) is 5.75 Å². The average Bonchev–Trinajstić information content (AvgIpc) is 2.95. The lowest BCUT2D eigenvalue weighted by Gasteiger charge is -2.20. The first-order valence-electron chi connectivity index (χ1n) is 7.79. The van der Waals surface area contributed by atoms with E-state index in [0.29, 0.717) is 12.0 Å². The van der Waals surface area contributed by atoms with Gasteiger partial charge in [-0.25, -0.2) is 0 Å². The largest absolute Gasteiger partial charge is 0.481 e. The molecule has 0 bridgehead atoms. The number of carbonyl (C=O) groups excluding carboxylic acids is 1. The molecule has 1 heterocycles. The van der Waals surface area contributed by atoms with Crippen molar-refractivity contribution in [3.05, 3.63) is 30.3 Å². The second-order valence-electron chi connectivity index (χ2n) is 6.06.